The number of hydrogen-bond donors (Lipinski definition) is 0. The van der Waals surface area contributed by atoms with E-state index in [9.17, 15) is 13.0 Å². The highest BCUT2D eigenvalue weighted by molar-refractivity contribution is 7.85. The normalized spacial score (nSPS) is 11.4. The monoisotopic (exact) mass is 242 g/mol. The van der Waals surface area contributed by atoms with Gasteiger partial charge in [-0.25, -0.2) is 8.42 Å². The number of rotatable bonds is 5. The molecule has 90 valence electrons. The van der Waals surface area contributed by atoms with Crippen molar-refractivity contribution in [2.45, 2.75) is 13.3 Å². The van der Waals surface area contributed by atoms with Gasteiger partial charge >= 0.3 is 0 Å². The predicted octanol–water partition coefficient (Wildman–Crippen LogP) is 1.37. The topological polar surface area (TPSA) is 60.4 Å². The molecule has 4 nitrogen and oxygen atoms in total. The van der Waals surface area contributed by atoms with Crippen molar-refractivity contribution in [1.82, 2.24) is 0 Å². The van der Waals surface area contributed by atoms with Gasteiger partial charge in [0, 0.05) is 25.0 Å². The third kappa shape index (κ3) is 4.63. The molecule has 0 unspecified atom stereocenters. The Bertz CT molecular complexity index is 425. The van der Waals surface area contributed by atoms with Crippen molar-refractivity contribution < 1.29 is 13.0 Å². The van der Waals surface area contributed by atoms with Crippen molar-refractivity contribution in [3.63, 3.8) is 0 Å². The van der Waals surface area contributed by atoms with Crippen molar-refractivity contribution in [2.75, 3.05) is 24.2 Å². The molecule has 0 saturated heterocycles. The minimum Gasteiger partial charge on any atom is -0.748 e. The highest BCUT2D eigenvalue weighted by atomic mass is 32.2. The second kappa shape index (κ2) is 5.32. The highest BCUT2D eigenvalue weighted by Gasteiger charge is 2.01. The van der Waals surface area contributed by atoms with Crippen LogP contribution < -0.4 is 4.90 Å². The van der Waals surface area contributed by atoms with Crippen molar-refractivity contribution in [2.24, 2.45) is 0 Å². The van der Waals surface area contributed by atoms with Gasteiger partial charge < -0.3 is 9.45 Å². The third-order valence-corrected chi connectivity index (χ3v) is 3.15. The molecule has 16 heavy (non-hydrogen) atoms. The Labute approximate surface area is 96.6 Å². The molecule has 0 amide bonds. The Balaban J connectivity index is 2.47. The highest BCUT2D eigenvalue weighted by Crippen LogP contribution is 2.13. The molecule has 0 atom stereocenters. The molecular formula is C11H16NO3S-. The van der Waals surface area contributed by atoms with Crippen LogP contribution in [0.5, 0.6) is 0 Å². The van der Waals surface area contributed by atoms with Crippen molar-refractivity contribution in [3.05, 3.63) is 29.8 Å². The average Bonchev–Trinajstić information content (AvgIpc) is 2.16. The molecule has 0 saturated carbocycles. The standard InChI is InChI=1S/C11H17NO3S/c1-10-4-6-11(7-5-10)12(2)8-3-9-16(13,14)15/h4-7H,3,8-9H2,1-2H3,(H,13,14,15)/p-1. The van der Waals surface area contributed by atoms with E-state index in [-0.39, 0.29) is 5.75 Å². The smallest absolute Gasteiger partial charge is 0.0946 e. The zero-order valence-electron chi connectivity index (χ0n) is 9.51. The van der Waals surface area contributed by atoms with Crippen LogP contribution in [0.3, 0.4) is 0 Å². The van der Waals surface area contributed by atoms with E-state index in [1.807, 2.05) is 43.1 Å². The van der Waals surface area contributed by atoms with E-state index in [1.54, 1.807) is 0 Å². The summed E-state index contributed by atoms with van der Waals surface area (Å²) in [4.78, 5) is 1.94. The molecule has 1 aromatic rings. The summed E-state index contributed by atoms with van der Waals surface area (Å²) in [5.74, 6) is -0.302. The first-order valence-corrected chi connectivity index (χ1v) is 6.67. The van der Waals surface area contributed by atoms with Crippen LogP contribution in [0, 0.1) is 6.92 Å². The lowest BCUT2D eigenvalue weighted by molar-refractivity contribution is 0.461. The second-order valence-corrected chi connectivity index (χ2v) is 5.40. The molecule has 0 bridgehead atoms. The molecule has 0 aromatic heterocycles. The van der Waals surface area contributed by atoms with Crippen LogP contribution >= 0.6 is 0 Å². The van der Waals surface area contributed by atoms with Crippen LogP contribution in [0.25, 0.3) is 0 Å². The number of anilines is 1. The van der Waals surface area contributed by atoms with Crippen LogP contribution in [0.2, 0.25) is 0 Å². The lowest BCUT2D eigenvalue weighted by atomic mass is 10.2. The van der Waals surface area contributed by atoms with Crippen LogP contribution in [0.15, 0.2) is 24.3 Å². The third-order valence-electron chi connectivity index (χ3n) is 2.36. The van der Waals surface area contributed by atoms with Gasteiger partial charge in [0.1, 0.15) is 0 Å². The summed E-state index contributed by atoms with van der Waals surface area (Å²) in [5, 5.41) is 0. The molecule has 0 heterocycles. The fourth-order valence-corrected chi connectivity index (χ4v) is 1.89. The SMILES string of the molecule is Cc1ccc(N(C)CCCS(=O)(=O)[O-])cc1. The van der Waals surface area contributed by atoms with Gasteiger partial charge in [-0.05, 0) is 25.5 Å². The van der Waals surface area contributed by atoms with Gasteiger partial charge in [0.25, 0.3) is 0 Å². The maximum Gasteiger partial charge on any atom is 0.0946 e. The van der Waals surface area contributed by atoms with E-state index < -0.39 is 10.1 Å². The van der Waals surface area contributed by atoms with Gasteiger partial charge in [-0.3, -0.25) is 0 Å². The van der Waals surface area contributed by atoms with Gasteiger partial charge in [0.05, 0.1) is 10.1 Å². The Morgan fingerprint density at radius 3 is 2.31 bits per heavy atom. The second-order valence-electron chi connectivity index (χ2n) is 3.87. The van der Waals surface area contributed by atoms with E-state index in [2.05, 4.69) is 0 Å². The van der Waals surface area contributed by atoms with Crippen LogP contribution in [0.1, 0.15) is 12.0 Å². The van der Waals surface area contributed by atoms with Crippen LogP contribution in [-0.4, -0.2) is 32.3 Å². The Kier molecular flexibility index (Phi) is 4.32. The number of nitrogens with zero attached hydrogens (tertiary/aromatic N) is 1. The van der Waals surface area contributed by atoms with E-state index in [4.69, 9.17) is 0 Å². The van der Waals surface area contributed by atoms with Gasteiger partial charge in [-0.2, -0.15) is 0 Å². The maximum atomic E-state index is 10.4. The van der Waals surface area contributed by atoms with E-state index in [1.165, 1.54) is 5.56 Å². The van der Waals surface area contributed by atoms with Crippen LogP contribution in [-0.2, 0) is 10.1 Å². The van der Waals surface area contributed by atoms with E-state index in [0.717, 1.165) is 5.69 Å². The fraction of sp³-hybridized carbons (Fsp3) is 0.455. The fourth-order valence-electron chi connectivity index (χ4n) is 1.41. The molecule has 5 heteroatoms. The van der Waals surface area contributed by atoms with Crippen LogP contribution in [0.4, 0.5) is 5.69 Å². The quantitative estimate of drug-likeness (QED) is 0.732. The molecular weight excluding hydrogens is 226 g/mol. The summed E-state index contributed by atoms with van der Waals surface area (Å²) in [6.45, 7) is 2.57. The summed E-state index contributed by atoms with van der Waals surface area (Å²) in [6.07, 6.45) is 0.357. The lowest BCUT2D eigenvalue weighted by Crippen LogP contribution is -2.21. The van der Waals surface area contributed by atoms with Crippen molar-refractivity contribution in [1.29, 1.82) is 0 Å². The minimum absolute atomic E-state index is 0.302. The largest absolute Gasteiger partial charge is 0.748 e. The van der Waals surface area contributed by atoms with Crippen molar-refractivity contribution in [3.8, 4) is 0 Å². The summed E-state index contributed by atoms with van der Waals surface area (Å²) in [7, 11) is -2.21. The number of hydrogen-bond acceptors (Lipinski definition) is 4. The van der Waals surface area contributed by atoms with E-state index in [0.29, 0.717) is 13.0 Å². The summed E-state index contributed by atoms with van der Waals surface area (Å²) >= 11 is 0. The first-order chi connectivity index (χ1) is 7.38. The first-order valence-electron chi connectivity index (χ1n) is 5.10. The summed E-state index contributed by atoms with van der Waals surface area (Å²) < 4.78 is 31.3. The molecule has 0 radical (unpaired) electrons. The number of benzene rings is 1. The van der Waals surface area contributed by atoms with Crippen molar-refractivity contribution >= 4 is 15.8 Å². The lowest BCUT2D eigenvalue weighted by Gasteiger charge is -2.19. The molecule has 1 aromatic carbocycles. The predicted molar refractivity (Wildman–Crippen MR) is 63.6 cm³/mol. The minimum atomic E-state index is -4.09. The maximum absolute atomic E-state index is 10.4. The van der Waals surface area contributed by atoms with Gasteiger partial charge in [0.15, 0.2) is 0 Å². The molecule has 0 N–H and O–H groups in total. The Hall–Kier alpha value is -1.07. The molecule has 0 aliphatic carbocycles. The first kappa shape index (κ1) is 13.0. The molecule has 0 aliphatic rings. The molecule has 0 spiro atoms. The zero-order valence-corrected chi connectivity index (χ0v) is 10.3. The molecule has 0 aliphatic heterocycles. The van der Waals surface area contributed by atoms with Gasteiger partial charge in [0.2, 0.25) is 0 Å². The average molecular weight is 242 g/mol. The summed E-state index contributed by atoms with van der Waals surface area (Å²) in [6, 6.07) is 7.94. The van der Waals surface area contributed by atoms with Gasteiger partial charge in [-0.1, -0.05) is 17.7 Å². The molecule has 1 rings (SSSR count). The Morgan fingerprint density at radius 2 is 1.81 bits per heavy atom. The van der Waals surface area contributed by atoms with Gasteiger partial charge in [-0.15, -0.1) is 0 Å². The Morgan fingerprint density at radius 1 is 1.25 bits per heavy atom. The molecule has 0 fully saturated rings. The zero-order chi connectivity index (χ0) is 12.2. The van der Waals surface area contributed by atoms with E-state index >= 15 is 0 Å². The summed E-state index contributed by atoms with van der Waals surface area (Å²) in [5.41, 5.74) is 2.20. The number of aryl methyl sites for hydroxylation is 1.